The van der Waals surface area contributed by atoms with E-state index in [1.54, 1.807) is 18.2 Å². The maximum absolute atomic E-state index is 10.3. The van der Waals surface area contributed by atoms with E-state index in [0.29, 0.717) is 16.5 Å². The maximum Gasteiger partial charge on any atom is 0.0830 e. The van der Waals surface area contributed by atoms with Gasteiger partial charge in [-0.1, -0.05) is 54.4 Å². The van der Waals surface area contributed by atoms with Crippen molar-refractivity contribution in [3.63, 3.8) is 0 Å². The highest BCUT2D eigenvalue weighted by Gasteiger charge is 2.11. The number of aliphatic hydroxyl groups excluding tert-OH is 1. The van der Waals surface area contributed by atoms with Crippen LogP contribution in [-0.2, 0) is 12.8 Å². The van der Waals surface area contributed by atoms with Crippen LogP contribution in [0.3, 0.4) is 0 Å². The smallest absolute Gasteiger partial charge is 0.0830 e. The number of rotatable bonds is 4. The van der Waals surface area contributed by atoms with E-state index in [1.807, 2.05) is 24.3 Å². The largest absolute Gasteiger partial charge is 0.388 e. The van der Waals surface area contributed by atoms with Crippen LogP contribution in [0.2, 0.25) is 10.0 Å². The Hall–Kier alpha value is -1.02. The predicted molar refractivity (Wildman–Crippen MR) is 80.9 cm³/mol. The highest BCUT2D eigenvalue weighted by Crippen LogP contribution is 2.26. The van der Waals surface area contributed by atoms with E-state index in [4.69, 9.17) is 23.2 Å². The van der Waals surface area contributed by atoms with Crippen LogP contribution in [0.25, 0.3) is 0 Å². The van der Waals surface area contributed by atoms with E-state index in [2.05, 4.69) is 6.92 Å². The zero-order valence-corrected chi connectivity index (χ0v) is 12.2. The molecule has 0 spiro atoms. The fourth-order valence-electron chi connectivity index (χ4n) is 2.00. The SMILES string of the molecule is CCc1ccc(C(O)Cc2cc(Cl)ccc2Cl)cc1. The lowest BCUT2D eigenvalue weighted by Crippen LogP contribution is -2.02. The van der Waals surface area contributed by atoms with Crippen LogP contribution < -0.4 is 0 Å². The van der Waals surface area contributed by atoms with Gasteiger partial charge in [-0.05, 0) is 41.3 Å². The second-order valence-electron chi connectivity index (χ2n) is 4.55. The monoisotopic (exact) mass is 294 g/mol. The highest BCUT2D eigenvalue weighted by molar-refractivity contribution is 6.33. The molecule has 0 aliphatic carbocycles. The fourth-order valence-corrected chi connectivity index (χ4v) is 2.39. The molecule has 2 rings (SSSR count). The first-order valence-electron chi connectivity index (χ1n) is 6.31. The quantitative estimate of drug-likeness (QED) is 0.856. The van der Waals surface area contributed by atoms with Crippen LogP contribution >= 0.6 is 23.2 Å². The van der Waals surface area contributed by atoms with Gasteiger partial charge in [-0.25, -0.2) is 0 Å². The molecule has 100 valence electrons. The van der Waals surface area contributed by atoms with Crippen molar-refractivity contribution < 1.29 is 5.11 Å². The summed E-state index contributed by atoms with van der Waals surface area (Å²) in [6, 6.07) is 13.3. The van der Waals surface area contributed by atoms with Gasteiger partial charge in [0.2, 0.25) is 0 Å². The van der Waals surface area contributed by atoms with Crippen LogP contribution in [0.5, 0.6) is 0 Å². The summed E-state index contributed by atoms with van der Waals surface area (Å²) in [6.07, 6.45) is 0.892. The minimum Gasteiger partial charge on any atom is -0.388 e. The first-order chi connectivity index (χ1) is 9.10. The molecule has 1 nitrogen and oxygen atoms in total. The molecule has 3 heteroatoms. The molecular weight excluding hydrogens is 279 g/mol. The first-order valence-corrected chi connectivity index (χ1v) is 7.06. The van der Waals surface area contributed by atoms with E-state index < -0.39 is 6.10 Å². The molecular formula is C16H16Cl2O. The second-order valence-corrected chi connectivity index (χ2v) is 5.39. The molecule has 19 heavy (non-hydrogen) atoms. The van der Waals surface area contributed by atoms with Crippen LogP contribution in [0.15, 0.2) is 42.5 Å². The minimum absolute atomic E-state index is 0.463. The summed E-state index contributed by atoms with van der Waals surface area (Å²) in [5.41, 5.74) is 3.02. The number of hydrogen-bond donors (Lipinski definition) is 1. The van der Waals surface area contributed by atoms with Gasteiger partial charge < -0.3 is 5.11 Å². The number of aryl methyl sites for hydroxylation is 1. The molecule has 2 aromatic rings. The number of benzene rings is 2. The Kier molecular flexibility index (Phi) is 4.87. The van der Waals surface area contributed by atoms with Crippen LogP contribution in [0.4, 0.5) is 0 Å². The Morgan fingerprint density at radius 2 is 1.74 bits per heavy atom. The zero-order valence-electron chi connectivity index (χ0n) is 10.7. The molecule has 1 N–H and O–H groups in total. The highest BCUT2D eigenvalue weighted by atomic mass is 35.5. The van der Waals surface area contributed by atoms with E-state index in [9.17, 15) is 5.11 Å². The van der Waals surface area contributed by atoms with Crippen LogP contribution in [0.1, 0.15) is 29.7 Å². The molecule has 0 aliphatic heterocycles. The average molecular weight is 295 g/mol. The Morgan fingerprint density at radius 3 is 2.37 bits per heavy atom. The van der Waals surface area contributed by atoms with Crippen molar-refractivity contribution in [2.45, 2.75) is 25.9 Å². The van der Waals surface area contributed by atoms with Crippen molar-refractivity contribution in [3.8, 4) is 0 Å². The van der Waals surface area contributed by atoms with Gasteiger partial charge in [-0.3, -0.25) is 0 Å². The van der Waals surface area contributed by atoms with Gasteiger partial charge in [0.25, 0.3) is 0 Å². The summed E-state index contributed by atoms with van der Waals surface area (Å²) in [7, 11) is 0. The lowest BCUT2D eigenvalue weighted by molar-refractivity contribution is 0.178. The lowest BCUT2D eigenvalue weighted by Gasteiger charge is -2.13. The average Bonchev–Trinajstić information content (AvgIpc) is 2.43. The van der Waals surface area contributed by atoms with E-state index in [0.717, 1.165) is 17.5 Å². The van der Waals surface area contributed by atoms with E-state index >= 15 is 0 Å². The molecule has 1 atom stereocenters. The molecule has 0 saturated heterocycles. The molecule has 0 heterocycles. The van der Waals surface area contributed by atoms with Gasteiger partial charge in [-0.2, -0.15) is 0 Å². The zero-order chi connectivity index (χ0) is 13.8. The molecule has 0 saturated carbocycles. The molecule has 0 radical (unpaired) electrons. The summed E-state index contributed by atoms with van der Waals surface area (Å²) >= 11 is 12.1. The molecule has 0 fully saturated rings. The number of hydrogen-bond acceptors (Lipinski definition) is 1. The topological polar surface area (TPSA) is 20.2 Å². The standard InChI is InChI=1S/C16H16Cl2O/c1-2-11-3-5-12(6-4-11)16(19)10-13-9-14(17)7-8-15(13)18/h3-9,16,19H,2,10H2,1H3. The van der Waals surface area contributed by atoms with Crippen molar-refractivity contribution in [2.24, 2.45) is 0 Å². The Balaban J connectivity index is 2.15. The Morgan fingerprint density at radius 1 is 1.05 bits per heavy atom. The molecule has 2 aromatic carbocycles. The van der Waals surface area contributed by atoms with E-state index in [1.165, 1.54) is 5.56 Å². The summed E-state index contributed by atoms with van der Waals surface area (Å²) in [5, 5.41) is 11.5. The van der Waals surface area contributed by atoms with E-state index in [-0.39, 0.29) is 0 Å². The second kappa shape index (κ2) is 6.42. The van der Waals surface area contributed by atoms with Crippen molar-refractivity contribution in [2.75, 3.05) is 0 Å². The summed E-state index contributed by atoms with van der Waals surface area (Å²) in [4.78, 5) is 0. The number of aliphatic hydroxyl groups is 1. The molecule has 0 aliphatic rings. The van der Waals surface area contributed by atoms with Crippen molar-refractivity contribution in [1.29, 1.82) is 0 Å². The van der Waals surface area contributed by atoms with Crippen molar-refractivity contribution >= 4 is 23.2 Å². The van der Waals surface area contributed by atoms with Gasteiger partial charge in [0, 0.05) is 16.5 Å². The number of halogens is 2. The third-order valence-electron chi connectivity index (χ3n) is 3.19. The third kappa shape index (κ3) is 3.73. The summed E-state index contributed by atoms with van der Waals surface area (Å²) in [6.45, 7) is 2.11. The molecule has 0 bridgehead atoms. The van der Waals surface area contributed by atoms with Gasteiger partial charge in [0.15, 0.2) is 0 Å². The lowest BCUT2D eigenvalue weighted by atomic mass is 10.00. The normalized spacial score (nSPS) is 12.4. The third-order valence-corrected chi connectivity index (χ3v) is 3.80. The first kappa shape index (κ1) is 14.4. The maximum atomic E-state index is 10.3. The summed E-state index contributed by atoms with van der Waals surface area (Å²) in [5.74, 6) is 0. The van der Waals surface area contributed by atoms with Crippen LogP contribution in [-0.4, -0.2) is 5.11 Å². The fraction of sp³-hybridized carbons (Fsp3) is 0.250. The summed E-state index contributed by atoms with van der Waals surface area (Å²) < 4.78 is 0. The van der Waals surface area contributed by atoms with Gasteiger partial charge in [0.05, 0.1) is 6.10 Å². The predicted octanol–water partition coefficient (Wildman–Crippen LogP) is 4.83. The van der Waals surface area contributed by atoms with Crippen LogP contribution in [0, 0.1) is 0 Å². The van der Waals surface area contributed by atoms with Gasteiger partial charge in [-0.15, -0.1) is 0 Å². The molecule has 1 unspecified atom stereocenters. The Bertz CT molecular complexity index is 549. The van der Waals surface area contributed by atoms with Crippen molar-refractivity contribution in [1.82, 2.24) is 0 Å². The van der Waals surface area contributed by atoms with Gasteiger partial charge >= 0.3 is 0 Å². The van der Waals surface area contributed by atoms with Crippen molar-refractivity contribution in [3.05, 3.63) is 69.2 Å². The minimum atomic E-state index is -0.568. The molecule has 0 aromatic heterocycles. The Labute approximate surface area is 123 Å². The molecule has 0 amide bonds. The van der Waals surface area contributed by atoms with Gasteiger partial charge in [0.1, 0.15) is 0 Å².